The number of hydrogen-bond acceptors (Lipinski definition) is 0. The molecule has 1 unspecified atom stereocenters. The smallest absolute Gasteiger partial charge is 0.0107 e. The van der Waals surface area contributed by atoms with Crippen LogP contribution >= 0.6 is 0 Å². The molecule has 0 nitrogen and oxygen atoms in total. The second-order valence-corrected chi connectivity index (χ2v) is 6.68. The number of allylic oxidation sites excluding steroid dienone is 4. The Morgan fingerprint density at radius 1 is 0.955 bits per heavy atom. The van der Waals surface area contributed by atoms with E-state index in [4.69, 9.17) is 0 Å². The van der Waals surface area contributed by atoms with E-state index in [2.05, 4.69) is 74.5 Å². The third kappa shape index (κ3) is 2.06. The van der Waals surface area contributed by atoms with Crippen LogP contribution in [0.25, 0.3) is 11.1 Å². The average Bonchev–Trinajstić information content (AvgIpc) is 3.11. The molecule has 0 fully saturated rings. The van der Waals surface area contributed by atoms with Crippen molar-refractivity contribution in [1.29, 1.82) is 0 Å². The van der Waals surface area contributed by atoms with Gasteiger partial charge in [-0.1, -0.05) is 78.8 Å². The van der Waals surface area contributed by atoms with Crippen LogP contribution in [-0.4, -0.2) is 0 Å². The Morgan fingerprint density at radius 3 is 2.09 bits per heavy atom. The summed E-state index contributed by atoms with van der Waals surface area (Å²) in [5, 5.41) is 0. The van der Waals surface area contributed by atoms with Crippen LogP contribution in [-0.2, 0) is 0 Å². The molecule has 22 heavy (non-hydrogen) atoms. The fraction of sp³-hybridized carbons (Fsp3) is 0.273. The van der Waals surface area contributed by atoms with Crippen molar-refractivity contribution < 1.29 is 0 Å². The molecule has 1 atom stereocenters. The lowest BCUT2D eigenvalue weighted by atomic mass is 9.83. The summed E-state index contributed by atoms with van der Waals surface area (Å²) >= 11 is 0. The van der Waals surface area contributed by atoms with E-state index in [0.717, 1.165) is 6.42 Å². The Balaban J connectivity index is 1.72. The third-order valence-electron chi connectivity index (χ3n) is 5.36. The number of hydrogen-bond donors (Lipinski definition) is 0. The first-order valence-corrected chi connectivity index (χ1v) is 8.30. The molecule has 0 aromatic heterocycles. The van der Waals surface area contributed by atoms with Crippen LogP contribution in [0.1, 0.15) is 43.7 Å². The standard InChI is InChI=1S/C22H22/c1-15-8-7-13-17(15)16(2)14-22-20-11-5-3-9-18(20)19-10-4-6-12-21(19)22/h3-12,16,22H,13-14H2,1-2H3. The summed E-state index contributed by atoms with van der Waals surface area (Å²) in [4.78, 5) is 0. The van der Waals surface area contributed by atoms with E-state index >= 15 is 0 Å². The van der Waals surface area contributed by atoms with Gasteiger partial charge in [0.15, 0.2) is 0 Å². The van der Waals surface area contributed by atoms with E-state index in [1.165, 1.54) is 34.2 Å². The Labute approximate surface area is 133 Å². The molecule has 0 aliphatic heterocycles. The maximum atomic E-state index is 2.40. The van der Waals surface area contributed by atoms with Gasteiger partial charge in [0.05, 0.1) is 0 Å². The highest BCUT2D eigenvalue weighted by molar-refractivity contribution is 5.78. The average molecular weight is 286 g/mol. The molecule has 2 aromatic carbocycles. The number of rotatable bonds is 3. The van der Waals surface area contributed by atoms with Crippen molar-refractivity contribution in [2.75, 3.05) is 0 Å². The van der Waals surface area contributed by atoms with Crippen molar-refractivity contribution in [2.45, 2.75) is 32.6 Å². The Kier molecular flexibility index (Phi) is 3.26. The first kappa shape index (κ1) is 13.6. The highest BCUT2D eigenvalue weighted by atomic mass is 14.3. The third-order valence-corrected chi connectivity index (χ3v) is 5.36. The zero-order valence-corrected chi connectivity index (χ0v) is 13.3. The van der Waals surface area contributed by atoms with Crippen LogP contribution in [0.3, 0.4) is 0 Å². The van der Waals surface area contributed by atoms with Gasteiger partial charge in [-0.15, -0.1) is 0 Å². The first-order valence-electron chi connectivity index (χ1n) is 8.30. The SMILES string of the molecule is CC1=C(C(C)CC2c3ccccc3-c3ccccc32)CC=C1. The van der Waals surface area contributed by atoms with Gasteiger partial charge in [-0.3, -0.25) is 0 Å². The molecule has 0 heterocycles. The van der Waals surface area contributed by atoms with Crippen LogP contribution < -0.4 is 0 Å². The number of benzene rings is 2. The van der Waals surface area contributed by atoms with Gasteiger partial charge < -0.3 is 0 Å². The van der Waals surface area contributed by atoms with Gasteiger partial charge in [0.2, 0.25) is 0 Å². The zero-order chi connectivity index (χ0) is 15.1. The minimum atomic E-state index is 0.545. The Bertz CT molecular complexity index is 731. The molecule has 0 heteroatoms. The van der Waals surface area contributed by atoms with Crippen LogP contribution in [0.4, 0.5) is 0 Å². The summed E-state index contributed by atoms with van der Waals surface area (Å²) in [6, 6.07) is 17.9. The number of fused-ring (bicyclic) bond motifs is 3. The highest BCUT2D eigenvalue weighted by Crippen LogP contribution is 2.48. The van der Waals surface area contributed by atoms with Crippen molar-refractivity contribution in [2.24, 2.45) is 5.92 Å². The van der Waals surface area contributed by atoms with Gasteiger partial charge in [-0.2, -0.15) is 0 Å². The van der Waals surface area contributed by atoms with E-state index < -0.39 is 0 Å². The lowest BCUT2D eigenvalue weighted by Crippen LogP contribution is -2.07. The van der Waals surface area contributed by atoms with Crippen molar-refractivity contribution >= 4 is 0 Å². The zero-order valence-electron chi connectivity index (χ0n) is 13.3. The maximum Gasteiger partial charge on any atom is 0.0107 e. The van der Waals surface area contributed by atoms with Crippen LogP contribution in [0.2, 0.25) is 0 Å². The molecular weight excluding hydrogens is 264 g/mol. The van der Waals surface area contributed by atoms with Crippen LogP contribution in [0, 0.1) is 5.92 Å². The summed E-state index contributed by atoms with van der Waals surface area (Å²) in [5.74, 6) is 1.18. The van der Waals surface area contributed by atoms with Gasteiger partial charge in [0, 0.05) is 5.92 Å². The van der Waals surface area contributed by atoms with Crippen molar-refractivity contribution in [3.05, 3.63) is 83.0 Å². The molecule has 2 aliphatic carbocycles. The lowest BCUT2D eigenvalue weighted by Gasteiger charge is -2.21. The summed E-state index contributed by atoms with van der Waals surface area (Å²) in [7, 11) is 0. The Hall–Kier alpha value is -2.08. The fourth-order valence-corrected chi connectivity index (χ4v) is 4.23. The molecule has 0 radical (unpaired) electrons. The quantitative estimate of drug-likeness (QED) is 0.639. The molecule has 0 saturated carbocycles. The Morgan fingerprint density at radius 2 is 1.55 bits per heavy atom. The van der Waals surface area contributed by atoms with Crippen molar-refractivity contribution in [3.8, 4) is 11.1 Å². The van der Waals surface area contributed by atoms with Gasteiger partial charge in [0.25, 0.3) is 0 Å². The maximum absolute atomic E-state index is 2.40. The van der Waals surface area contributed by atoms with Gasteiger partial charge in [-0.25, -0.2) is 0 Å². The summed E-state index contributed by atoms with van der Waals surface area (Å²) < 4.78 is 0. The molecule has 0 bridgehead atoms. The molecule has 0 N–H and O–H groups in total. The van der Waals surface area contributed by atoms with E-state index in [9.17, 15) is 0 Å². The summed E-state index contributed by atoms with van der Waals surface area (Å²) in [5.41, 5.74) is 9.00. The van der Waals surface area contributed by atoms with Gasteiger partial charge >= 0.3 is 0 Å². The normalized spacial score (nSPS) is 17.7. The van der Waals surface area contributed by atoms with Crippen molar-refractivity contribution in [1.82, 2.24) is 0 Å². The molecular formula is C22H22. The van der Waals surface area contributed by atoms with E-state index in [1.54, 1.807) is 5.57 Å². The summed E-state index contributed by atoms with van der Waals surface area (Å²) in [6.45, 7) is 4.65. The fourth-order valence-electron chi connectivity index (χ4n) is 4.23. The van der Waals surface area contributed by atoms with Crippen LogP contribution in [0.5, 0.6) is 0 Å². The van der Waals surface area contributed by atoms with Gasteiger partial charge in [-0.05, 0) is 47.9 Å². The monoisotopic (exact) mass is 286 g/mol. The minimum absolute atomic E-state index is 0.545. The second-order valence-electron chi connectivity index (χ2n) is 6.68. The first-order chi connectivity index (χ1) is 10.8. The largest absolute Gasteiger partial charge is 0.0802 e. The second kappa shape index (κ2) is 5.28. The van der Waals surface area contributed by atoms with E-state index in [0.29, 0.717) is 11.8 Å². The van der Waals surface area contributed by atoms with Crippen LogP contribution in [0.15, 0.2) is 71.8 Å². The highest BCUT2D eigenvalue weighted by Gasteiger charge is 2.30. The molecule has 2 aromatic rings. The minimum Gasteiger partial charge on any atom is -0.0802 e. The molecule has 0 spiro atoms. The predicted molar refractivity (Wildman–Crippen MR) is 94.0 cm³/mol. The molecule has 110 valence electrons. The lowest BCUT2D eigenvalue weighted by molar-refractivity contribution is 0.561. The topological polar surface area (TPSA) is 0 Å². The molecule has 0 saturated heterocycles. The molecule has 2 aliphatic rings. The molecule has 0 amide bonds. The van der Waals surface area contributed by atoms with Gasteiger partial charge in [0.1, 0.15) is 0 Å². The van der Waals surface area contributed by atoms with E-state index in [-0.39, 0.29) is 0 Å². The predicted octanol–water partition coefficient (Wildman–Crippen LogP) is 6.10. The van der Waals surface area contributed by atoms with E-state index in [1.807, 2.05) is 0 Å². The summed E-state index contributed by atoms with van der Waals surface area (Å²) in [6.07, 6.45) is 6.94. The van der Waals surface area contributed by atoms with Crippen molar-refractivity contribution in [3.63, 3.8) is 0 Å². The molecule has 4 rings (SSSR count).